The predicted octanol–water partition coefficient (Wildman–Crippen LogP) is 0.383. The van der Waals surface area contributed by atoms with Gasteiger partial charge in [-0.3, -0.25) is 5.32 Å². The largest absolute Gasteiger partial charge is 0.368 e. The molecule has 0 amide bonds. The van der Waals surface area contributed by atoms with Crippen molar-refractivity contribution >= 4 is 0 Å². The van der Waals surface area contributed by atoms with Crippen molar-refractivity contribution in [3.05, 3.63) is 12.3 Å². The third-order valence-electron chi connectivity index (χ3n) is 1.21. The van der Waals surface area contributed by atoms with Gasteiger partial charge in [0.25, 0.3) is 0 Å². The Morgan fingerprint density at radius 3 is 3.38 bits per heavy atom. The fourth-order valence-corrected chi connectivity index (χ4v) is 0.748. The van der Waals surface area contributed by atoms with Crippen LogP contribution in [0.5, 0.6) is 0 Å². The third-order valence-corrected chi connectivity index (χ3v) is 1.21. The van der Waals surface area contributed by atoms with Gasteiger partial charge in [0.15, 0.2) is 0 Å². The van der Waals surface area contributed by atoms with E-state index in [1.807, 2.05) is 0 Å². The van der Waals surface area contributed by atoms with Crippen LogP contribution in [0.3, 0.4) is 0 Å². The van der Waals surface area contributed by atoms with Crippen LogP contribution in [0.1, 0.15) is 6.42 Å². The number of hydrogen-bond donors (Lipinski definition) is 1. The van der Waals surface area contributed by atoms with Gasteiger partial charge in [0.05, 0.1) is 6.67 Å². The molecular weight excluding hydrogens is 100 g/mol. The summed E-state index contributed by atoms with van der Waals surface area (Å²) in [5.41, 5.74) is 0. The molecule has 0 saturated heterocycles. The molecular formula is C6H12N2. The second-order valence-electron chi connectivity index (χ2n) is 2.09. The van der Waals surface area contributed by atoms with Gasteiger partial charge in [0, 0.05) is 13.6 Å². The summed E-state index contributed by atoms with van der Waals surface area (Å²) in [5.74, 6) is 0. The van der Waals surface area contributed by atoms with Crippen LogP contribution in [-0.4, -0.2) is 25.2 Å². The van der Waals surface area contributed by atoms with Gasteiger partial charge < -0.3 is 4.90 Å². The highest BCUT2D eigenvalue weighted by Gasteiger charge is 1.92. The maximum absolute atomic E-state index is 3.26. The Morgan fingerprint density at radius 1 is 1.62 bits per heavy atom. The highest BCUT2D eigenvalue weighted by atomic mass is 15.2. The summed E-state index contributed by atoms with van der Waals surface area (Å²) in [6.07, 6.45) is 5.45. The summed E-state index contributed by atoms with van der Waals surface area (Å²) < 4.78 is 0. The standard InChI is InChI=1S/C6H12N2/c1-8-5-3-2-4-7-6-8/h3,5,7H,2,4,6H2,1H3. The second-order valence-corrected chi connectivity index (χ2v) is 2.09. The number of nitrogens with zero attached hydrogens (tertiary/aromatic N) is 1. The zero-order valence-corrected chi connectivity index (χ0v) is 5.22. The minimum atomic E-state index is 0.983. The van der Waals surface area contributed by atoms with Crippen LogP contribution >= 0.6 is 0 Å². The van der Waals surface area contributed by atoms with E-state index in [0.29, 0.717) is 0 Å². The monoisotopic (exact) mass is 112 g/mol. The van der Waals surface area contributed by atoms with Crippen molar-refractivity contribution in [1.82, 2.24) is 10.2 Å². The van der Waals surface area contributed by atoms with Crippen LogP contribution in [0.4, 0.5) is 0 Å². The first-order valence-electron chi connectivity index (χ1n) is 2.97. The average Bonchev–Trinajstić information content (AvgIpc) is 1.94. The fraction of sp³-hybridized carbons (Fsp3) is 0.667. The van der Waals surface area contributed by atoms with Crippen LogP contribution in [0, 0.1) is 0 Å². The summed E-state index contributed by atoms with van der Waals surface area (Å²) in [6, 6.07) is 0. The van der Waals surface area contributed by atoms with E-state index >= 15 is 0 Å². The van der Waals surface area contributed by atoms with Gasteiger partial charge in [-0.05, 0) is 12.6 Å². The van der Waals surface area contributed by atoms with Crippen molar-refractivity contribution in [3.63, 3.8) is 0 Å². The zero-order valence-electron chi connectivity index (χ0n) is 5.22. The number of hydrogen-bond acceptors (Lipinski definition) is 2. The minimum Gasteiger partial charge on any atom is -0.368 e. The van der Waals surface area contributed by atoms with Crippen LogP contribution in [0.25, 0.3) is 0 Å². The van der Waals surface area contributed by atoms with Gasteiger partial charge in [-0.25, -0.2) is 0 Å². The van der Waals surface area contributed by atoms with E-state index in [1.54, 1.807) is 0 Å². The van der Waals surface area contributed by atoms with Crippen molar-refractivity contribution in [1.29, 1.82) is 0 Å². The van der Waals surface area contributed by atoms with Gasteiger partial charge in [0.1, 0.15) is 0 Å². The Hall–Kier alpha value is -0.500. The Labute approximate surface area is 50.2 Å². The lowest BCUT2D eigenvalue weighted by atomic mass is 10.4. The summed E-state index contributed by atoms with van der Waals surface area (Å²) >= 11 is 0. The molecule has 8 heavy (non-hydrogen) atoms. The quantitative estimate of drug-likeness (QED) is 0.487. The molecule has 0 bridgehead atoms. The van der Waals surface area contributed by atoms with Crippen LogP contribution in [-0.2, 0) is 0 Å². The molecule has 0 aromatic rings. The third kappa shape index (κ3) is 1.54. The lowest BCUT2D eigenvalue weighted by Crippen LogP contribution is -2.25. The van der Waals surface area contributed by atoms with Gasteiger partial charge >= 0.3 is 0 Å². The van der Waals surface area contributed by atoms with E-state index in [9.17, 15) is 0 Å². The molecule has 0 aliphatic carbocycles. The smallest absolute Gasteiger partial charge is 0.0673 e. The normalized spacial score (nSPS) is 20.9. The van der Waals surface area contributed by atoms with E-state index in [1.165, 1.54) is 0 Å². The predicted molar refractivity (Wildman–Crippen MR) is 34.4 cm³/mol. The van der Waals surface area contributed by atoms with Crippen LogP contribution < -0.4 is 5.32 Å². The van der Waals surface area contributed by atoms with Crippen LogP contribution in [0.15, 0.2) is 12.3 Å². The Kier molecular flexibility index (Phi) is 1.92. The van der Waals surface area contributed by atoms with E-state index in [0.717, 1.165) is 19.6 Å². The number of nitrogens with one attached hydrogen (secondary N) is 1. The Morgan fingerprint density at radius 2 is 2.50 bits per heavy atom. The van der Waals surface area contributed by atoms with Crippen molar-refractivity contribution < 1.29 is 0 Å². The van der Waals surface area contributed by atoms with Crippen molar-refractivity contribution in [2.24, 2.45) is 0 Å². The first-order chi connectivity index (χ1) is 3.89. The van der Waals surface area contributed by atoms with E-state index in [2.05, 4.69) is 29.5 Å². The zero-order chi connectivity index (χ0) is 5.82. The molecule has 1 aliphatic rings. The van der Waals surface area contributed by atoms with Gasteiger partial charge in [-0.1, -0.05) is 6.08 Å². The molecule has 0 radical (unpaired) electrons. The minimum absolute atomic E-state index is 0.983. The van der Waals surface area contributed by atoms with Crippen molar-refractivity contribution in [2.75, 3.05) is 20.3 Å². The Balaban J connectivity index is 2.33. The topological polar surface area (TPSA) is 15.3 Å². The lowest BCUT2D eigenvalue weighted by molar-refractivity contribution is 0.421. The molecule has 0 aromatic carbocycles. The first-order valence-corrected chi connectivity index (χ1v) is 2.97. The molecule has 46 valence electrons. The molecule has 1 rings (SSSR count). The molecule has 0 saturated carbocycles. The summed E-state index contributed by atoms with van der Waals surface area (Å²) in [5, 5.41) is 3.26. The maximum atomic E-state index is 3.26. The van der Waals surface area contributed by atoms with E-state index < -0.39 is 0 Å². The molecule has 2 heteroatoms. The molecule has 2 nitrogen and oxygen atoms in total. The molecule has 1 heterocycles. The van der Waals surface area contributed by atoms with E-state index in [-0.39, 0.29) is 0 Å². The van der Waals surface area contributed by atoms with Gasteiger partial charge in [0.2, 0.25) is 0 Å². The lowest BCUT2D eigenvalue weighted by Gasteiger charge is -2.10. The molecule has 1 aliphatic heterocycles. The van der Waals surface area contributed by atoms with Crippen molar-refractivity contribution in [3.8, 4) is 0 Å². The molecule has 0 fully saturated rings. The van der Waals surface area contributed by atoms with Gasteiger partial charge in [-0.15, -0.1) is 0 Å². The Bertz CT molecular complexity index is 88.5. The average molecular weight is 112 g/mol. The van der Waals surface area contributed by atoms with E-state index in [4.69, 9.17) is 0 Å². The molecule has 0 aromatic heterocycles. The molecule has 0 spiro atoms. The first kappa shape index (κ1) is 5.63. The van der Waals surface area contributed by atoms with Crippen LogP contribution in [0.2, 0.25) is 0 Å². The maximum Gasteiger partial charge on any atom is 0.0673 e. The highest BCUT2D eigenvalue weighted by Crippen LogP contribution is 1.89. The summed E-state index contributed by atoms with van der Waals surface area (Å²) in [7, 11) is 2.06. The van der Waals surface area contributed by atoms with Crippen molar-refractivity contribution in [2.45, 2.75) is 6.42 Å². The number of rotatable bonds is 0. The SMILES string of the molecule is CN1C=CCCNC1. The second kappa shape index (κ2) is 2.72. The molecule has 1 N–H and O–H groups in total. The summed E-state index contributed by atoms with van der Waals surface area (Å²) in [4.78, 5) is 2.13. The van der Waals surface area contributed by atoms with Gasteiger partial charge in [-0.2, -0.15) is 0 Å². The fourth-order valence-electron chi connectivity index (χ4n) is 0.748. The molecule has 0 unspecified atom stereocenters. The summed E-state index contributed by atoms with van der Waals surface area (Å²) in [6.45, 7) is 2.09. The molecule has 0 atom stereocenters. The highest BCUT2D eigenvalue weighted by molar-refractivity contribution is 4.83.